The predicted molar refractivity (Wildman–Crippen MR) is 116 cm³/mol. The molecule has 12 heteroatoms. The van der Waals surface area contributed by atoms with Crippen LogP contribution in [0.15, 0.2) is 41.3 Å². The summed E-state index contributed by atoms with van der Waals surface area (Å²) in [7, 11) is 1.88. The normalized spacial score (nSPS) is 11.3. The third kappa shape index (κ3) is 5.72. The number of benzene rings is 2. The quantitative estimate of drug-likeness (QED) is 0.300. The molecule has 0 unspecified atom stereocenters. The lowest BCUT2D eigenvalue weighted by Crippen LogP contribution is -2.27. The van der Waals surface area contributed by atoms with E-state index in [0.717, 1.165) is 10.4 Å². The molecule has 1 N–H and O–H groups in total. The minimum Gasteiger partial charge on any atom is -0.493 e. The molecule has 0 radical (unpaired) electrons. The van der Waals surface area contributed by atoms with Crippen molar-refractivity contribution < 1.29 is 32.3 Å². The van der Waals surface area contributed by atoms with E-state index in [-0.39, 0.29) is 41.7 Å². The number of nitrogens with one attached hydrogen (secondary N) is 1. The maximum Gasteiger partial charge on any atom is 0.286 e. The molecule has 32 heavy (non-hydrogen) atoms. The number of hydrogen-bond acceptors (Lipinski definition) is 8. The second-order valence-corrected chi connectivity index (χ2v) is 8.82. The van der Waals surface area contributed by atoms with Crippen molar-refractivity contribution in [2.45, 2.75) is 11.4 Å². The van der Waals surface area contributed by atoms with E-state index in [1.807, 2.05) is 0 Å². The first-order valence-corrected chi connectivity index (χ1v) is 10.8. The summed E-state index contributed by atoms with van der Waals surface area (Å²) in [5.74, 6) is -0.543. The van der Waals surface area contributed by atoms with Gasteiger partial charge in [-0.1, -0.05) is 18.2 Å². The maximum atomic E-state index is 12.8. The Hall–Kier alpha value is -3.22. The number of carbonyl (C=O) groups is 1. The van der Waals surface area contributed by atoms with E-state index >= 15 is 0 Å². The molecule has 1 amide bonds. The fraction of sp³-hybridized carbons (Fsp3) is 0.350. The average Bonchev–Trinajstić information content (AvgIpc) is 2.77. The molecule has 0 saturated heterocycles. The average molecular weight is 468 g/mol. The van der Waals surface area contributed by atoms with Gasteiger partial charge in [0.1, 0.15) is 12.2 Å². The number of amides is 1. The molecule has 0 aromatic heterocycles. The van der Waals surface area contributed by atoms with Crippen LogP contribution in [0.1, 0.15) is 15.9 Å². The topological polar surface area (TPSA) is 137 Å². The molecule has 0 aliphatic rings. The molecule has 0 bridgehead atoms. The van der Waals surface area contributed by atoms with Gasteiger partial charge < -0.3 is 19.5 Å². The van der Waals surface area contributed by atoms with E-state index in [0.29, 0.717) is 5.56 Å². The van der Waals surface area contributed by atoms with Crippen molar-refractivity contribution in [1.82, 2.24) is 9.62 Å². The van der Waals surface area contributed by atoms with Crippen LogP contribution in [-0.4, -0.2) is 65.1 Å². The smallest absolute Gasteiger partial charge is 0.286 e. The van der Waals surface area contributed by atoms with Gasteiger partial charge in [-0.2, -0.15) is 0 Å². The summed E-state index contributed by atoms with van der Waals surface area (Å²) in [4.78, 5) is 23.7. The lowest BCUT2D eigenvalue weighted by molar-refractivity contribution is -0.385. The van der Waals surface area contributed by atoms with Gasteiger partial charge in [0.05, 0.1) is 29.6 Å². The number of sulfonamides is 1. The number of hydrogen-bond donors (Lipinski definition) is 1. The molecular formula is C20H25N3O8S. The second kappa shape index (κ2) is 10.9. The van der Waals surface area contributed by atoms with Crippen molar-refractivity contribution in [3.8, 4) is 11.5 Å². The lowest BCUT2D eigenvalue weighted by Gasteiger charge is -2.16. The number of nitro benzene ring substituents is 1. The minimum absolute atomic E-state index is 0.0271. The molecule has 2 aromatic rings. The van der Waals surface area contributed by atoms with Crippen molar-refractivity contribution in [2.75, 3.05) is 41.5 Å². The molecule has 0 atom stereocenters. The van der Waals surface area contributed by atoms with Gasteiger partial charge in [0, 0.05) is 33.8 Å². The Labute approximate surface area is 186 Å². The maximum absolute atomic E-state index is 12.8. The Balaban J connectivity index is 2.34. The van der Waals surface area contributed by atoms with Crippen LogP contribution in [0.4, 0.5) is 5.69 Å². The molecule has 2 rings (SSSR count). The van der Waals surface area contributed by atoms with Crippen molar-refractivity contribution in [3.63, 3.8) is 0 Å². The fourth-order valence-corrected chi connectivity index (χ4v) is 3.87. The molecule has 0 saturated carbocycles. The molecule has 174 valence electrons. The first-order valence-electron chi connectivity index (χ1n) is 9.40. The highest BCUT2D eigenvalue weighted by atomic mass is 32.2. The third-order valence-electron chi connectivity index (χ3n) is 4.44. The Morgan fingerprint density at radius 2 is 1.81 bits per heavy atom. The van der Waals surface area contributed by atoms with Crippen LogP contribution in [0.5, 0.6) is 11.5 Å². The summed E-state index contributed by atoms with van der Waals surface area (Å²) in [6.45, 7) is 0.231. The summed E-state index contributed by atoms with van der Waals surface area (Å²) in [6.07, 6.45) is 0. The van der Waals surface area contributed by atoms with Crippen LogP contribution in [-0.2, 0) is 21.3 Å². The largest absolute Gasteiger partial charge is 0.493 e. The van der Waals surface area contributed by atoms with Gasteiger partial charge in [0.2, 0.25) is 10.0 Å². The number of nitro groups is 1. The summed E-state index contributed by atoms with van der Waals surface area (Å²) in [6, 6.07) is 8.49. The van der Waals surface area contributed by atoms with E-state index in [2.05, 4.69) is 5.32 Å². The van der Waals surface area contributed by atoms with Crippen LogP contribution < -0.4 is 14.8 Å². The highest BCUT2D eigenvalue weighted by Crippen LogP contribution is 2.35. The summed E-state index contributed by atoms with van der Waals surface area (Å²) in [5.41, 5.74) is -0.396. The third-order valence-corrected chi connectivity index (χ3v) is 6.35. The van der Waals surface area contributed by atoms with Crippen molar-refractivity contribution >= 4 is 21.6 Å². The standard InChI is InChI=1S/C20H25N3O8S/c1-22(2)32(27,28)19-8-6-5-7-14(19)13-21-20(24)15-11-17(30-4)18(31-10-9-29-3)12-16(15)23(25)26/h5-8,11-12H,9-10,13H2,1-4H3,(H,21,24). The van der Waals surface area contributed by atoms with E-state index in [1.165, 1.54) is 40.4 Å². The van der Waals surface area contributed by atoms with Gasteiger partial charge in [-0.25, -0.2) is 12.7 Å². The second-order valence-electron chi connectivity index (χ2n) is 6.70. The van der Waals surface area contributed by atoms with Crippen LogP contribution in [0.3, 0.4) is 0 Å². The van der Waals surface area contributed by atoms with Gasteiger partial charge in [-0.05, 0) is 11.6 Å². The first kappa shape index (κ1) is 25.0. The highest BCUT2D eigenvalue weighted by molar-refractivity contribution is 7.89. The number of carbonyl (C=O) groups excluding carboxylic acids is 1. The molecule has 11 nitrogen and oxygen atoms in total. The van der Waals surface area contributed by atoms with E-state index < -0.39 is 26.5 Å². The van der Waals surface area contributed by atoms with Crippen LogP contribution in [0.25, 0.3) is 0 Å². The zero-order valence-corrected chi connectivity index (χ0v) is 19.0. The van der Waals surface area contributed by atoms with Crippen molar-refractivity contribution in [3.05, 3.63) is 57.6 Å². The SMILES string of the molecule is COCCOc1cc([N+](=O)[O-])c(C(=O)NCc2ccccc2S(=O)(=O)N(C)C)cc1OC. The minimum atomic E-state index is -3.74. The summed E-state index contributed by atoms with van der Waals surface area (Å²) >= 11 is 0. The van der Waals surface area contributed by atoms with Gasteiger partial charge in [0.15, 0.2) is 11.5 Å². The van der Waals surface area contributed by atoms with Gasteiger partial charge in [0.25, 0.3) is 11.6 Å². The zero-order chi connectivity index (χ0) is 23.9. The molecule has 0 aliphatic heterocycles. The van der Waals surface area contributed by atoms with Crippen molar-refractivity contribution in [2.24, 2.45) is 0 Å². The number of methoxy groups -OCH3 is 2. The Kier molecular flexibility index (Phi) is 8.52. The van der Waals surface area contributed by atoms with Crippen LogP contribution in [0, 0.1) is 10.1 Å². The van der Waals surface area contributed by atoms with Gasteiger partial charge >= 0.3 is 0 Å². The summed E-state index contributed by atoms with van der Waals surface area (Å²) in [5, 5.41) is 14.1. The van der Waals surface area contributed by atoms with Gasteiger partial charge in [-0.15, -0.1) is 0 Å². The Bertz CT molecular complexity index is 1090. The highest BCUT2D eigenvalue weighted by Gasteiger charge is 2.26. The molecule has 0 fully saturated rings. The fourth-order valence-electron chi connectivity index (χ4n) is 2.76. The number of rotatable bonds is 11. The first-order chi connectivity index (χ1) is 15.1. The number of nitrogens with zero attached hydrogens (tertiary/aromatic N) is 2. The molecule has 0 spiro atoms. The van der Waals surface area contributed by atoms with Crippen LogP contribution in [0.2, 0.25) is 0 Å². The van der Waals surface area contributed by atoms with E-state index in [9.17, 15) is 23.3 Å². The van der Waals surface area contributed by atoms with E-state index in [1.54, 1.807) is 18.2 Å². The number of ether oxygens (including phenoxy) is 3. The monoisotopic (exact) mass is 467 g/mol. The Morgan fingerprint density at radius 1 is 1.12 bits per heavy atom. The van der Waals surface area contributed by atoms with Gasteiger partial charge in [-0.3, -0.25) is 14.9 Å². The zero-order valence-electron chi connectivity index (χ0n) is 18.2. The van der Waals surface area contributed by atoms with Crippen LogP contribution >= 0.6 is 0 Å². The molecule has 0 aliphatic carbocycles. The van der Waals surface area contributed by atoms with Crippen molar-refractivity contribution in [1.29, 1.82) is 0 Å². The molecular weight excluding hydrogens is 442 g/mol. The lowest BCUT2D eigenvalue weighted by atomic mass is 10.1. The van der Waals surface area contributed by atoms with E-state index in [4.69, 9.17) is 14.2 Å². The molecule has 0 heterocycles. The summed E-state index contributed by atoms with van der Waals surface area (Å²) < 4.78 is 41.6. The Morgan fingerprint density at radius 3 is 2.41 bits per heavy atom. The molecule has 2 aromatic carbocycles. The predicted octanol–water partition coefficient (Wildman–Crippen LogP) is 1.81.